The van der Waals surface area contributed by atoms with Gasteiger partial charge in [-0.3, -0.25) is 19.0 Å². The standard InChI is InChI=1S/C31H36N8O3/c1-3-4-9-27-33-20(2)26(18-28(40)38-16-14-23(15-17-38)29(32)41)31(42)39(27)19-21-10-12-22(13-11-21)24-7-5-6-8-25(24)30-34-36-37-35-30/h5-8,10-13,23H,3-4,9,14-19H2,1-2H3,(H2,32,41)(H,34,35,36,37). The lowest BCUT2D eigenvalue weighted by atomic mass is 9.96. The lowest BCUT2D eigenvalue weighted by Gasteiger charge is -2.30. The molecule has 5 rings (SSSR count). The second-order valence-corrected chi connectivity index (χ2v) is 10.8. The topological polar surface area (TPSA) is 153 Å². The molecule has 0 atom stereocenters. The Morgan fingerprint density at radius 3 is 2.40 bits per heavy atom. The van der Waals surface area contributed by atoms with E-state index in [2.05, 4.69) is 27.5 Å². The van der Waals surface area contributed by atoms with E-state index in [1.807, 2.05) is 48.5 Å². The summed E-state index contributed by atoms with van der Waals surface area (Å²) in [6.45, 7) is 5.19. The third-order valence-corrected chi connectivity index (χ3v) is 8.01. The van der Waals surface area contributed by atoms with Crippen LogP contribution in [0.2, 0.25) is 0 Å². The molecule has 4 aromatic rings. The number of H-pyrrole nitrogens is 1. The van der Waals surface area contributed by atoms with Gasteiger partial charge in [-0.1, -0.05) is 61.9 Å². The fourth-order valence-electron chi connectivity index (χ4n) is 5.51. The number of nitrogens with two attached hydrogens (primary N) is 1. The number of hydrogen-bond acceptors (Lipinski definition) is 7. The van der Waals surface area contributed by atoms with Gasteiger partial charge >= 0.3 is 0 Å². The van der Waals surface area contributed by atoms with Crippen molar-refractivity contribution < 1.29 is 9.59 Å². The Morgan fingerprint density at radius 1 is 1.05 bits per heavy atom. The number of carbonyl (C=O) groups excluding carboxylic acids is 2. The van der Waals surface area contributed by atoms with E-state index in [1.54, 1.807) is 16.4 Å². The number of tetrazole rings is 1. The summed E-state index contributed by atoms with van der Waals surface area (Å²) in [4.78, 5) is 45.1. The van der Waals surface area contributed by atoms with Crippen LogP contribution < -0.4 is 11.3 Å². The first kappa shape index (κ1) is 28.8. The average molecular weight is 569 g/mol. The number of benzene rings is 2. The number of aromatic amines is 1. The SMILES string of the molecule is CCCCc1nc(C)c(CC(=O)N2CCC(C(N)=O)CC2)c(=O)n1Cc1ccc(-c2ccccc2-c2nnn[nH]2)cc1. The highest BCUT2D eigenvalue weighted by Crippen LogP contribution is 2.30. The Bertz CT molecular complexity index is 1600. The Kier molecular flexibility index (Phi) is 8.85. The molecule has 42 heavy (non-hydrogen) atoms. The summed E-state index contributed by atoms with van der Waals surface area (Å²) in [5, 5.41) is 14.3. The number of amides is 2. The van der Waals surface area contributed by atoms with E-state index in [-0.39, 0.29) is 29.7 Å². The van der Waals surface area contributed by atoms with Gasteiger partial charge in [0.25, 0.3) is 5.56 Å². The molecule has 1 saturated heterocycles. The molecule has 0 unspecified atom stereocenters. The second kappa shape index (κ2) is 12.9. The predicted molar refractivity (Wildman–Crippen MR) is 158 cm³/mol. The third kappa shape index (κ3) is 6.29. The molecule has 0 saturated carbocycles. The number of nitrogens with one attached hydrogen (secondary N) is 1. The summed E-state index contributed by atoms with van der Waals surface area (Å²) < 4.78 is 1.72. The highest BCUT2D eigenvalue weighted by atomic mass is 16.2. The zero-order valence-corrected chi connectivity index (χ0v) is 24.0. The number of nitrogens with zero attached hydrogens (tertiary/aromatic N) is 6. The Labute approximate surface area is 244 Å². The molecule has 1 aliphatic rings. The summed E-state index contributed by atoms with van der Waals surface area (Å²) in [5.41, 5.74) is 10.1. The quantitative estimate of drug-likeness (QED) is 0.298. The van der Waals surface area contributed by atoms with E-state index in [4.69, 9.17) is 10.7 Å². The average Bonchev–Trinajstić information content (AvgIpc) is 3.55. The molecule has 0 spiro atoms. The molecule has 2 aromatic carbocycles. The molecule has 0 bridgehead atoms. The molecule has 2 amide bonds. The summed E-state index contributed by atoms with van der Waals surface area (Å²) in [6.07, 6.45) is 3.65. The number of likely N-dealkylation sites (tertiary alicyclic amines) is 1. The van der Waals surface area contributed by atoms with Crippen LogP contribution in [0.1, 0.15) is 55.3 Å². The van der Waals surface area contributed by atoms with Crippen LogP contribution in [0.15, 0.2) is 53.3 Å². The molecule has 1 fully saturated rings. The van der Waals surface area contributed by atoms with E-state index in [9.17, 15) is 14.4 Å². The summed E-state index contributed by atoms with van der Waals surface area (Å²) in [6, 6.07) is 16.0. The fourth-order valence-corrected chi connectivity index (χ4v) is 5.51. The van der Waals surface area contributed by atoms with Crippen LogP contribution in [0.5, 0.6) is 0 Å². The highest BCUT2D eigenvalue weighted by molar-refractivity contribution is 5.81. The smallest absolute Gasteiger partial charge is 0.257 e. The largest absolute Gasteiger partial charge is 0.369 e. The Morgan fingerprint density at radius 2 is 1.76 bits per heavy atom. The molecule has 11 heteroatoms. The van der Waals surface area contributed by atoms with Crippen molar-refractivity contribution in [2.45, 2.75) is 58.9 Å². The first-order valence-corrected chi connectivity index (χ1v) is 14.4. The zero-order chi connectivity index (χ0) is 29.6. The summed E-state index contributed by atoms with van der Waals surface area (Å²) in [5.74, 6) is 0.665. The molecule has 2 aromatic heterocycles. The Hall–Kier alpha value is -4.67. The van der Waals surface area contributed by atoms with Gasteiger partial charge in [0, 0.05) is 42.2 Å². The van der Waals surface area contributed by atoms with Crippen LogP contribution >= 0.6 is 0 Å². The van der Waals surface area contributed by atoms with Crippen LogP contribution in [0.25, 0.3) is 22.5 Å². The van der Waals surface area contributed by atoms with Crippen molar-refractivity contribution in [3.05, 3.63) is 81.5 Å². The number of aromatic nitrogens is 6. The number of hydrogen-bond donors (Lipinski definition) is 2. The van der Waals surface area contributed by atoms with Gasteiger partial charge in [0.2, 0.25) is 11.8 Å². The van der Waals surface area contributed by atoms with Crippen molar-refractivity contribution in [1.82, 2.24) is 35.1 Å². The van der Waals surface area contributed by atoms with Gasteiger partial charge < -0.3 is 10.6 Å². The van der Waals surface area contributed by atoms with E-state index < -0.39 is 0 Å². The third-order valence-electron chi connectivity index (χ3n) is 8.01. The van der Waals surface area contributed by atoms with Gasteiger partial charge in [-0.2, -0.15) is 0 Å². The van der Waals surface area contributed by atoms with Crippen LogP contribution in [-0.2, 0) is 29.0 Å². The van der Waals surface area contributed by atoms with Gasteiger partial charge in [0.1, 0.15) is 5.82 Å². The van der Waals surface area contributed by atoms with Crippen molar-refractivity contribution in [2.75, 3.05) is 13.1 Å². The highest BCUT2D eigenvalue weighted by Gasteiger charge is 2.27. The van der Waals surface area contributed by atoms with E-state index in [1.165, 1.54) is 0 Å². The van der Waals surface area contributed by atoms with Gasteiger partial charge in [-0.05, 0) is 53.3 Å². The number of piperidine rings is 1. The van der Waals surface area contributed by atoms with E-state index in [0.717, 1.165) is 40.9 Å². The molecular formula is C31H36N8O3. The van der Waals surface area contributed by atoms with Crippen LogP contribution in [-0.4, -0.2) is 60.0 Å². The number of unbranched alkanes of at least 4 members (excludes halogenated alkanes) is 1. The molecule has 1 aliphatic heterocycles. The molecule has 218 valence electrons. The number of aryl methyl sites for hydroxylation is 2. The minimum atomic E-state index is -0.322. The van der Waals surface area contributed by atoms with Crippen molar-refractivity contribution in [1.29, 1.82) is 0 Å². The molecule has 0 aliphatic carbocycles. The zero-order valence-electron chi connectivity index (χ0n) is 24.0. The maximum atomic E-state index is 13.9. The van der Waals surface area contributed by atoms with E-state index in [0.29, 0.717) is 56.0 Å². The van der Waals surface area contributed by atoms with E-state index >= 15 is 0 Å². The lowest BCUT2D eigenvalue weighted by molar-refractivity contribution is -0.134. The van der Waals surface area contributed by atoms with Crippen molar-refractivity contribution in [2.24, 2.45) is 11.7 Å². The summed E-state index contributed by atoms with van der Waals surface area (Å²) in [7, 11) is 0. The minimum absolute atomic E-state index is 0.0147. The predicted octanol–water partition coefficient (Wildman–Crippen LogP) is 3.06. The molecule has 3 N–H and O–H groups in total. The van der Waals surface area contributed by atoms with Crippen LogP contribution in [0.4, 0.5) is 0 Å². The monoisotopic (exact) mass is 568 g/mol. The second-order valence-electron chi connectivity index (χ2n) is 10.8. The van der Waals surface area contributed by atoms with Crippen LogP contribution in [0, 0.1) is 12.8 Å². The minimum Gasteiger partial charge on any atom is -0.369 e. The Balaban J connectivity index is 1.40. The normalized spacial score (nSPS) is 13.8. The molecule has 3 heterocycles. The van der Waals surface area contributed by atoms with Gasteiger partial charge in [-0.25, -0.2) is 10.1 Å². The van der Waals surface area contributed by atoms with Crippen molar-refractivity contribution >= 4 is 11.8 Å². The maximum Gasteiger partial charge on any atom is 0.257 e. The summed E-state index contributed by atoms with van der Waals surface area (Å²) >= 11 is 0. The first-order valence-electron chi connectivity index (χ1n) is 14.4. The van der Waals surface area contributed by atoms with Gasteiger partial charge in [0.05, 0.1) is 13.0 Å². The van der Waals surface area contributed by atoms with Gasteiger partial charge in [-0.15, -0.1) is 5.10 Å². The fraction of sp³-hybridized carbons (Fsp3) is 0.387. The maximum absolute atomic E-state index is 13.9. The van der Waals surface area contributed by atoms with Crippen molar-refractivity contribution in [3.63, 3.8) is 0 Å². The number of rotatable bonds is 10. The molecular weight excluding hydrogens is 532 g/mol. The lowest BCUT2D eigenvalue weighted by Crippen LogP contribution is -2.43. The first-order chi connectivity index (χ1) is 20.4. The number of primary amides is 1. The van der Waals surface area contributed by atoms with Crippen molar-refractivity contribution in [3.8, 4) is 22.5 Å². The molecule has 0 radical (unpaired) electrons. The van der Waals surface area contributed by atoms with Crippen LogP contribution in [0.3, 0.4) is 0 Å². The van der Waals surface area contributed by atoms with Gasteiger partial charge in [0.15, 0.2) is 5.82 Å². The number of carbonyl (C=O) groups is 2. The molecule has 11 nitrogen and oxygen atoms in total.